The van der Waals surface area contributed by atoms with E-state index in [1.165, 1.54) is 12.1 Å². The summed E-state index contributed by atoms with van der Waals surface area (Å²) in [5.41, 5.74) is 1.58. The number of carbonyl (C=O) groups excluding carboxylic acids is 2. The van der Waals surface area contributed by atoms with Crippen molar-refractivity contribution >= 4 is 11.7 Å². The molecule has 28 heavy (non-hydrogen) atoms. The largest absolute Gasteiger partial charge is 0.468 e. The average molecular weight is 395 g/mol. The van der Waals surface area contributed by atoms with Crippen LogP contribution in [-0.2, 0) is 17.8 Å². The van der Waals surface area contributed by atoms with Gasteiger partial charge in [-0.05, 0) is 23.8 Å². The number of nitrogens with one attached hydrogen (secondary N) is 1. The first-order valence-electron chi connectivity index (χ1n) is 8.54. The Kier molecular flexibility index (Phi) is 7.08. The number of carbonyl (C=O) groups is 2. The summed E-state index contributed by atoms with van der Waals surface area (Å²) >= 11 is 0. The standard InChI is InChI=1S/C19H20F3N3O3/c1-12(2)16(26)8-15-7-13(5-6-23-15)9-25-18(27)14-3-4-17(24-10-14)28-11-19(20,21)22/h3-7,10,12H,8-9,11H2,1-2H3,(H,25,27). The number of hydrogen-bond acceptors (Lipinski definition) is 5. The molecule has 1 N–H and O–H groups in total. The molecule has 0 spiro atoms. The second-order valence-electron chi connectivity index (χ2n) is 6.42. The minimum Gasteiger partial charge on any atom is -0.468 e. The zero-order valence-corrected chi connectivity index (χ0v) is 15.4. The zero-order valence-electron chi connectivity index (χ0n) is 15.4. The van der Waals surface area contributed by atoms with Gasteiger partial charge in [0.2, 0.25) is 5.88 Å². The van der Waals surface area contributed by atoms with Gasteiger partial charge in [0.1, 0.15) is 5.78 Å². The third kappa shape index (κ3) is 6.98. The number of Topliss-reactive ketones (excluding diaryl/α,β-unsaturated/α-hetero) is 1. The first kappa shape index (κ1) is 21.3. The minimum absolute atomic E-state index is 0.0765. The molecule has 150 valence electrons. The van der Waals surface area contributed by atoms with E-state index in [1.54, 1.807) is 18.3 Å². The summed E-state index contributed by atoms with van der Waals surface area (Å²) in [6, 6.07) is 5.99. The molecule has 0 aliphatic rings. The number of nitrogens with zero attached hydrogens (tertiary/aromatic N) is 2. The van der Waals surface area contributed by atoms with Crippen LogP contribution in [0.2, 0.25) is 0 Å². The van der Waals surface area contributed by atoms with Gasteiger partial charge in [0, 0.05) is 43.0 Å². The number of hydrogen-bond donors (Lipinski definition) is 1. The Morgan fingerprint density at radius 2 is 1.93 bits per heavy atom. The Morgan fingerprint density at radius 1 is 1.18 bits per heavy atom. The SMILES string of the molecule is CC(C)C(=O)Cc1cc(CNC(=O)c2ccc(OCC(F)(F)F)nc2)ccn1. The highest BCUT2D eigenvalue weighted by molar-refractivity contribution is 5.93. The summed E-state index contributed by atoms with van der Waals surface area (Å²) in [7, 11) is 0. The fourth-order valence-corrected chi connectivity index (χ4v) is 2.16. The van der Waals surface area contributed by atoms with E-state index in [9.17, 15) is 22.8 Å². The summed E-state index contributed by atoms with van der Waals surface area (Å²) in [6.45, 7) is 2.39. The topological polar surface area (TPSA) is 81.2 Å². The van der Waals surface area contributed by atoms with Crippen LogP contribution < -0.4 is 10.1 Å². The normalized spacial score (nSPS) is 11.4. The molecule has 0 aliphatic heterocycles. The van der Waals surface area contributed by atoms with Gasteiger partial charge < -0.3 is 10.1 Å². The van der Waals surface area contributed by atoms with E-state index in [1.807, 2.05) is 13.8 Å². The van der Waals surface area contributed by atoms with Crippen molar-refractivity contribution in [1.82, 2.24) is 15.3 Å². The molecule has 0 bridgehead atoms. The van der Waals surface area contributed by atoms with Crippen molar-refractivity contribution in [3.8, 4) is 5.88 Å². The van der Waals surface area contributed by atoms with E-state index < -0.39 is 18.7 Å². The molecule has 0 aromatic carbocycles. The maximum Gasteiger partial charge on any atom is 0.422 e. The van der Waals surface area contributed by atoms with Crippen molar-refractivity contribution in [2.75, 3.05) is 6.61 Å². The third-order valence-electron chi connectivity index (χ3n) is 3.72. The first-order valence-corrected chi connectivity index (χ1v) is 8.54. The Balaban J connectivity index is 1.90. The van der Waals surface area contributed by atoms with Crippen LogP contribution in [0.1, 0.15) is 35.5 Å². The molecule has 0 radical (unpaired) electrons. The zero-order chi connectivity index (χ0) is 20.7. The van der Waals surface area contributed by atoms with Crippen molar-refractivity contribution in [3.05, 3.63) is 53.5 Å². The monoisotopic (exact) mass is 395 g/mol. The van der Waals surface area contributed by atoms with E-state index in [4.69, 9.17) is 0 Å². The van der Waals surface area contributed by atoms with Gasteiger partial charge in [-0.2, -0.15) is 13.2 Å². The highest BCUT2D eigenvalue weighted by Gasteiger charge is 2.28. The number of ether oxygens (including phenoxy) is 1. The maximum atomic E-state index is 12.2. The minimum atomic E-state index is -4.46. The van der Waals surface area contributed by atoms with Crippen molar-refractivity contribution in [1.29, 1.82) is 0 Å². The van der Waals surface area contributed by atoms with E-state index in [0.29, 0.717) is 5.69 Å². The van der Waals surface area contributed by atoms with Crippen LogP contribution in [0.4, 0.5) is 13.2 Å². The Bertz CT molecular complexity index is 821. The molecule has 0 fully saturated rings. The molecule has 2 aromatic heterocycles. The lowest BCUT2D eigenvalue weighted by molar-refractivity contribution is -0.154. The molecule has 6 nitrogen and oxygen atoms in total. The lowest BCUT2D eigenvalue weighted by atomic mass is 10.0. The van der Waals surface area contributed by atoms with Gasteiger partial charge in [-0.1, -0.05) is 13.8 Å². The number of ketones is 1. The molecule has 2 rings (SSSR count). The predicted molar refractivity (Wildman–Crippen MR) is 94.7 cm³/mol. The van der Waals surface area contributed by atoms with Crippen LogP contribution in [0.25, 0.3) is 0 Å². The Morgan fingerprint density at radius 3 is 2.54 bits per heavy atom. The van der Waals surface area contributed by atoms with Gasteiger partial charge >= 0.3 is 6.18 Å². The Hall–Kier alpha value is -2.97. The average Bonchev–Trinajstić information content (AvgIpc) is 2.64. The molecule has 2 heterocycles. The van der Waals surface area contributed by atoms with Gasteiger partial charge in [-0.15, -0.1) is 0 Å². The van der Waals surface area contributed by atoms with Gasteiger partial charge in [0.25, 0.3) is 5.91 Å². The van der Waals surface area contributed by atoms with Crippen LogP contribution >= 0.6 is 0 Å². The van der Waals surface area contributed by atoms with Crippen molar-refractivity contribution < 1.29 is 27.5 Å². The molecule has 0 atom stereocenters. The molecule has 0 aliphatic carbocycles. The van der Waals surface area contributed by atoms with Crippen LogP contribution in [-0.4, -0.2) is 34.4 Å². The maximum absolute atomic E-state index is 12.2. The van der Waals surface area contributed by atoms with Gasteiger partial charge in [-0.3, -0.25) is 14.6 Å². The van der Waals surface area contributed by atoms with Gasteiger partial charge in [-0.25, -0.2) is 4.98 Å². The molecule has 2 aromatic rings. The number of pyridine rings is 2. The van der Waals surface area contributed by atoms with Crippen LogP contribution in [0.15, 0.2) is 36.7 Å². The molecular formula is C19H20F3N3O3. The molecule has 9 heteroatoms. The fourth-order valence-electron chi connectivity index (χ4n) is 2.16. The number of aromatic nitrogens is 2. The van der Waals surface area contributed by atoms with E-state index in [2.05, 4.69) is 20.0 Å². The second kappa shape index (κ2) is 9.29. The third-order valence-corrected chi connectivity index (χ3v) is 3.72. The number of alkyl halides is 3. The lowest BCUT2D eigenvalue weighted by Crippen LogP contribution is -2.23. The number of rotatable bonds is 8. The molecule has 0 unspecified atom stereocenters. The molecule has 0 saturated carbocycles. The summed E-state index contributed by atoms with van der Waals surface area (Å²) in [5, 5.41) is 2.68. The predicted octanol–water partition coefficient (Wildman–Crippen LogP) is 3.12. The van der Waals surface area contributed by atoms with Crippen molar-refractivity contribution in [3.63, 3.8) is 0 Å². The van der Waals surface area contributed by atoms with Crippen molar-refractivity contribution in [2.24, 2.45) is 5.92 Å². The second-order valence-corrected chi connectivity index (χ2v) is 6.42. The molecular weight excluding hydrogens is 375 g/mol. The quantitative estimate of drug-likeness (QED) is 0.743. The highest BCUT2D eigenvalue weighted by atomic mass is 19.4. The van der Waals surface area contributed by atoms with Crippen LogP contribution in [0, 0.1) is 5.92 Å². The van der Waals surface area contributed by atoms with Crippen molar-refractivity contribution in [2.45, 2.75) is 33.0 Å². The summed E-state index contributed by atoms with van der Waals surface area (Å²) in [5.74, 6) is -0.665. The molecule has 1 amide bonds. The first-order chi connectivity index (χ1) is 13.1. The summed E-state index contributed by atoms with van der Waals surface area (Å²) in [6.07, 6.45) is -1.53. The summed E-state index contributed by atoms with van der Waals surface area (Å²) < 4.78 is 40.8. The lowest BCUT2D eigenvalue weighted by Gasteiger charge is -2.09. The van der Waals surface area contributed by atoms with E-state index >= 15 is 0 Å². The fraction of sp³-hybridized carbons (Fsp3) is 0.368. The van der Waals surface area contributed by atoms with Crippen LogP contribution in [0.3, 0.4) is 0 Å². The molecule has 0 saturated heterocycles. The summed E-state index contributed by atoms with van der Waals surface area (Å²) in [4.78, 5) is 31.8. The number of halogens is 3. The number of amides is 1. The Labute approximate surface area is 160 Å². The highest BCUT2D eigenvalue weighted by Crippen LogP contribution is 2.17. The smallest absolute Gasteiger partial charge is 0.422 e. The van der Waals surface area contributed by atoms with Gasteiger partial charge in [0.15, 0.2) is 6.61 Å². The van der Waals surface area contributed by atoms with Crippen LogP contribution in [0.5, 0.6) is 5.88 Å². The van der Waals surface area contributed by atoms with Gasteiger partial charge in [0.05, 0.1) is 5.56 Å². The van der Waals surface area contributed by atoms with E-state index in [-0.39, 0.29) is 36.1 Å². The van der Waals surface area contributed by atoms with E-state index in [0.717, 1.165) is 11.8 Å².